The minimum atomic E-state index is -0.302. The van der Waals surface area contributed by atoms with E-state index in [4.69, 9.17) is 16.3 Å². The normalized spacial score (nSPS) is 11.7. The van der Waals surface area contributed by atoms with E-state index in [1.165, 1.54) is 11.3 Å². The van der Waals surface area contributed by atoms with Crippen molar-refractivity contribution >= 4 is 39.1 Å². The van der Waals surface area contributed by atoms with Crippen molar-refractivity contribution in [3.8, 4) is 5.75 Å². The number of hydrogen-bond acceptors (Lipinski definition) is 3. The largest absolute Gasteiger partial charge is 0.494 e. The lowest BCUT2D eigenvalue weighted by Crippen LogP contribution is -2.16. The Labute approximate surface area is 154 Å². The molecule has 0 aliphatic heterocycles. The molecule has 0 saturated carbocycles. The predicted molar refractivity (Wildman–Crippen MR) is 103 cm³/mol. The van der Waals surface area contributed by atoms with Crippen LogP contribution in [-0.4, -0.2) is 17.1 Å². The molecule has 0 fully saturated rings. The molecule has 0 atom stereocenters. The van der Waals surface area contributed by atoms with Crippen LogP contribution < -0.4 is 9.54 Å². The number of aromatic nitrogens is 1. The Morgan fingerprint density at radius 2 is 2.08 bits per heavy atom. The lowest BCUT2D eigenvalue weighted by Gasteiger charge is -2.03. The minimum Gasteiger partial charge on any atom is -0.494 e. The van der Waals surface area contributed by atoms with Crippen LogP contribution in [0.1, 0.15) is 17.3 Å². The van der Waals surface area contributed by atoms with Crippen LogP contribution in [0.15, 0.2) is 60.1 Å². The first kappa shape index (κ1) is 17.5. The summed E-state index contributed by atoms with van der Waals surface area (Å²) in [5, 5.41) is 0.630. The molecule has 1 amide bonds. The monoisotopic (exact) mass is 372 g/mol. The van der Waals surface area contributed by atoms with Crippen molar-refractivity contribution < 1.29 is 9.53 Å². The van der Waals surface area contributed by atoms with Gasteiger partial charge in [-0.2, -0.15) is 4.99 Å². The van der Waals surface area contributed by atoms with Gasteiger partial charge in [-0.05, 0) is 43.3 Å². The summed E-state index contributed by atoms with van der Waals surface area (Å²) in [6, 6.07) is 12.7. The van der Waals surface area contributed by atoms with Gasteiger partial charge < -0.3 is 9.30 Å². The van der Waals surface area contributed by atoms with Crippen LogP contribution in [0.3, 0.4) is 0 Å². The summed E-state index contributed by atoms with van der Waals surface area (Å²) in [5.41, 5.74) is 1.38. The first-order chi connectivity index (χ1) is 12.1. The van der Waals surface area contributed by atoms with Crippen LogP contribution in [0.2, 0.25) is 5.02 Å². The SMILES string of the molecule is C=CCn1c(=NC(=O)c2ccc(OCC)cc2)sc2cccc(Cl)c21. The van der Waals surface area contributed by atoms with Gasteiger partial charge in [0.05, 0.1) is 21.8 Å². The highest BCUT2D eigenvalue weighted by Gasteiger charge is 2.11. The zero-order valence-electron chi connectivity index (χ0n) is 13.7. The summed E-state index contributed by atoms with van der Waals surface area (Å²) >= 11 is 7.75. The number of rotatable bonds is 5. The third-order valence-electron chi connectivity index (χ3n) is 3.57. The second-order valence-corrected chi connectivity index (χ2v) is 6.66. The molecule has 0 N–H and O–H groups in total. The fourth-order valence-electron chi connectivity index (χ4n) is 2.48. The fraction of sp³-hybridized carbons (Fsp3) is 0.158. The average molecular weight is 373 g/mol. The molecule has 25 heavy (non-hydrogen) atoms. The van der Waals surface area contributed by atoms with E-state index in [0.717, 1.165) is 16.0 Å². The molecule has 0 aliphatic carbocycles. The molecule has 2 aromatic carbocycles. The Morgan fingerprint density at radius 1 is 1.32 bits per heavy atom. The zero-order valence-corrected chi connectivity index (χ0v) is 15.3. The molecule has 1 heterocycles. The van der Waals surface area contributed by atoms with Gasteiger partial charge in [-0.3, -0.25) is 4.79 Å². The van der Waals surface area contributed by atoms with Crippen LogP contribution in [0.4, 0.5) is 0 Å². The summed E-state index contributed by atoms with van der Waals surface area (Å²) < 4.78 is 8.28. The summed E-state index contributed by atoms with van der Waals surface area (Å²) in [4.78, 5) is 17.4. The molecule has 0 bridgehead atoms. The van der Waals surface area contributed by atoms with Gasteiger partial charge in [0.25, 0.3) is 5.91 Å². The standard InChI is InChI=1S/C19H17ClN2O2S/c1-3-12-22-17-15(20)6-5-7-16(17)25-19(22)21-18(23)13-8-10-14(11-9-13)24-4-2/h3,5-11H,1,4,12H2,2H3. The molecule has 0 unspecified atom stereocenters. The number of ether oxygens (including phenoxy) is 1. The summed E-state index contributed by atoms with van der Waals surface area (Å²) in [7, 11) is 0. The van der Waals surface area contributed by atoms with E-state index >= 15 is 0 Å². The quantitative estimate of drug-likeness (QED) is 0.610. The van der Waals surface area contributed by atoms with Gasteiger partial charge in [0.2, 0.25) is 0 Å². The fourth-order valence-corrected chi connectivity index (χ4v) is 3.88. The highest BCUT2D eigenvalue weighted by molar-refractivity contribution is 7.16. The van der Waals surface area contributed by atoms with Gasteiger partial charge in [0, 0.05) is 12.1 Å². The van der Waals surface area contributed by atoms with Crippen molar-refractivity contribution in [3.05, 3.63) is 70.5 Å². The molecule has 6 heteroatoms. The number of para-hydroxylation sites is 1. The smallest absolute Gasteiger partial charge is 0.279 e. The summed E-state index contributed by atoms with van der Waals surface area (Å²) in [6.07, 6.45) is 1.76. The maximum atomic E-state index is 12.5. The lowest BCUT2D eigenvalue weighted by atomic mass is 10.2. The van der Waals surface area contributed by atoms with E-state index < -0.39 is 0 Å². The van der Waals surface area contributed by atoms with Gasteiger partial charge in [-0.1, -0.05) is 35.1 Å². The molecule has 3 aromatic rings. The number of allylic oxidation sites excluding steroid dienone is 1. The molecule has 0 spiro atoms. The number of carbonyl (C=O) groups is 1. The van der Waals surface area contributed by atoms with Crippen molar-refractivity contribution in [2.75, 3.05) is 6.61 Å². The van der Waals surface area contributed by atoms with Crippen LogP contribution in [0.5, 0.6) is 5.75 Å². The number of carbonyl (C=O) groups excluding carboxylic acids is 1. The second kappa shape index (κ2) is 7.68. The Morgan fingerprint density at radius 3 is 2.76 bits per heavy atom. The third-order valence-corrected chi connectivity index (χ3v) is 4.92. The van der Waals surface area contributed by atoms with Gasteiger partial charge >= 0.3 is 0 Å². The Hall–Kier alpha value is -2.37. The number of benzene rings is 2. The van der Waals surface area contributed by atoms with Crippen molar-refractivity contribution in [1.82, 2.24) is 4.57 Å². The molecule has 0 saturated heterocycles. The first-order valence-corrected chi connectivity index (χ1v) is 9.04. The van der Waals surface area contributed by atoms with Gasteiger partial charge in [0.1, 0.15) is 5.75 Å². The maximum Gasteiger partial charge on any atom is 0.279 e. The number of hydrogen-bond donors (Lipinski definition) is 0. The van der Waals surface area contributed by atoms with E-state index in [1.807, 2.05) is 29.7 Å². The van der Waals surface area contributed by atoms with E-state index in [1.54, 1.807) is 30.3 Å². The van der Waals surface area contributed by atoms with Crippen LogP contribution in [0.25, 0.3) is 10.2 Å². The molecular weight excluding hydrogens is 356 g/mol. The van der Waals surface area contributed by atoms with Crippen LogP contribution in [-0.2, 0) is 6.54 Å². The molecule has 128 valence electrons. The summed E-state index contributed by atoms with van der Waals surface area (Å²) in [5.74, 6) is 0.429. The van der Waals surface area contributed by atoms with Gasteiger partial charge in [-0.25, -0.2) is 0 Å². The molecule has 0 aliphatic rings. The van der Waals surface area contributed by atoms with Crippen molar-refractivity contribution in [1.29, 1.82) is 0 Å². The molecule has 3 rings (SSSR count). The number of thiazole rings is 1. The van der Waals surface area contributed by atoms with Crippen molar-refractivity contribution in [3.63, 3.8) is 0 Å². The number of amides is 1. The van der Waals surface area contributed by atoms with Crippen LogP contribution >= 0.6 is 22.9 Å². The minimum absolute atomic E-state index is 0.302. The van der Waals surface area contributed by atoms with E-state index in [-0.39, 0.29) is 5.91 Å². The molecular formula is C19H17ClN2O2S. The zero-order chi connectivity index (χ0) is 17.8. The number of fused-ring (bicyclic) bond motifs is 1. The van der Waals surface area contributed by atoms with Crippen molar-refractivity contribution in [2.24, 2.45) is 4.99 Å². The van der Waals surface area contributed by atoms with Crippen molar-refractivity contribution in [2.45, 2.75) is 13.5 Å². The summed E-state index contributed by atoms with van der Waals surface area (Å²) in [6.45, 7) is 6.81. The number of nitrogens with zero attached hydrogens (tertiary/aromatic N) is 2. The molecule has 0 radical (unpaired) electrons. The molecule has 1 aromatic heterocycles. The highest BCUT2D eigenvalue weighted by Crippen LogP contribution is 2.25. The Bertz CT molecular complexity index is 987. The maximum absolute atomic E-state index is 12.5. The van der Waals surface area contributed by atoms with E-state index in [9.17, 15) is 4.79 Å². The lowest BCUT2D eigenvalue weighted by molar-refractivity contribution is 0.0998. The average Bonchev–Trinajstić information content (AvgIpc) is 2.95. The molecule has 4 nitrogen and oxygen atoms in total. The Balaban J connectivity index is 2.05. The number of halogens is 1. The van der Waals surface area contributed by atoms with Gasteiger partial charge in [-0.15, -0.1) is 6.58 Å². The highest BCUT2D eigenvalue weighted by atomic mass is 35.5. The Kier molecular flexibility index (Phi) is 5.36. The van der Waals surface area contributed by atoms with E-state index in [0.29, 0.717) is 28.5 Å². The van der Waals surface area contributed by atoms with E-state index in [2.05, 4.69) is 11.6 Å². The van der Waals surface area contributed by atoms with Crippen LogP contribution in [0, 0.1) is 0 Å². The first-order valence-electron chi connectivity index (χ1n) is 7.84. The third kappa shape index (κ3) is 3.67. The topological polar surface area (TPSA) is 43.6 Å². The van der Waals surface area contributed by atoms with Gasteiger partial charge in [0.15, 0.2) is 4.80 Å². The second-order valence-electron chi connectivity index (χ2n) is 5.24. The predicted octanol–water partition coefficient (Wildman–Crippen LogP) is 4.68.